The second kappa shape index (κ2) is 5.79. The highest BCUT2D eigenvalue weighted by Crippen LogP contribution is 2.10. The maximum atomic E-state index is 12.7. The zero-order valence-corrected chi connectivity index (χ0v) is 9.40. The molecule has 0 N–H and O–H groups in total. The first-order chi connectivity index (χ1) is 8.02. The minimum atomic E-state index is -0.774. The van der Waals surface area contributed by atoms with E-state index in [4.69, 9.17) is 4.74 Å². The minimum absolute atomic E-state index is 0.244. The first-order valence-electron chi connectivity index (χ1n) is 4.77. The molecule has 0 fully saturated rings. The Balaban J connectivity index is 3.00. The van der Waals surface area contributed by atoms with E-state index in [-0.39, 0.29) is 5.76 Å². The molecule has 0 heterocycles. The molecule has 5 heteroatoms. The van der Waals surface area contributed by atoms with Crippen LogP contribution in [0, 0.1) is 5.82 Å². The third-order valence-corrected chi connectivity index (χ3v) is 1.81. The largest absolute Gasteiger partial charge is 0.463 e. The molecule has 90 valence electrons. The quantitative estimate of drug-likeness (QED) is 0.458. The third-order valence-electron chi connectivity index (χ3n) is 1.81. The number of benzene rings is 1. The molecule has 0 radical (unpaired) electrons. The van der Waals surface area contributed by atoms with Crippen molar-refractivity contribution in [1.82, 2.24) is 0 Å². The number of carbonyl (C=O) groups excluding carboxylic acids is 2. The van der Waals surface area contributed by atoms with Crippen LogP contribution in [0.4, 0.5) is 4.39 Å². The molecule has 0 saturated heterocycles. The predicted molar refractivity (Wildman–Crippen MR) is 58.2 cm³/mol. The van der Waals surface area contributed by atoms with Crippen LogP contribution < -0.4 is 0 Å². The summed E-state index contributed by atoms with van der Waals surface area (Å²) in [6, 6.07) is 5.35. The number of hydrogen-bond donors (Lipinski definition) is 0. The van der Waals surface area contributed by atoms with Crippen LogP contribution in [0.3, 0.4) is 0 Å². The molecule has 0 aliphatic rings. The van der Waals surface area contributed by atoms with Crippen LogP contribution in [0.25, 0.3) is 6.08 Å². The highest BCUT2D eigenvalue weighted by Gasteiger charge is 2.13. The fourth-order valence-corrected chi connectivity index (χ4v) is 1.10. The molecule has 0 saturated carbocycles. The van der Waals surface area contributed by atoms with Crippen LogP contribution >= 0.6 is 0 Å². The van der Waals surface area contributed by atoms with E-state index in [2.05, 4.69) is 4.74 Å². The van der Waals surface area contributed by atoms with Gasteiger partial charge in [-0.05, 0) is 23.8 Å². The van der Waals surface area contributed by atoms with Crippen molar-refractivity contribution in [2.24, 2.45) is 0 Å². The lowest BCUT2D eigenvalue weighted by Crippen LogP contribution is -2.10. The van der Waals surface area contributed by atoms with Gasteiger partial charge in [0.05, 0.1) is 7.11 Å². The smallest absolute Gasteiger partial charge is 0.374 e. The Morgan fingerprint density at radius 2 is 1.82 bits per heavy atom. The van der Waals surface area contributed by atoms with E-state index in [1.807, 2.05) is 0 Å². The topological polar surface area (TPSA) is 52.6 Å². The fraction of sp³-hybridized carbons (Fsp3) is 0.167. The molecule has 0 spiro atoms. The maximum Gasteiger partial charge on any atom is 0.374 e. The van der Waals surface area contributed by atoms with Crippen molar-refractivity contribution in [3.63, 3.8) is 0 Å². The van der Waals surface area contributed by atoms with Crippen LogP contribution in [0.1, 0.15) is 12.5 Å². The van der Waals surface area contributed by atoms with E-state index in [0.29, 0.717) is 5.56 Å². The average molecular weight is 238 g/mol. The SMILES string of the molecule is COC(=O)C(=Cc1ccc(F)cc1)OC(C)=O. The summed E-state index contributed by atoms with van der Waals surface area (Å²) in [6.07, 6.45) is 1.30. The number of halogens is 1. The first-order valence-corrected chi connectivity index (χ1v) is 4.77. The van der Waals surface area contributed by atoms with Gasteiger partial charge >= 0.3 is 11.9 Å². The molecule has 0 aromatic heterocycles. The number of esters is 2. The van der Waals surface area contributed by atoms with Crippen molar-refractivity contribution in [2.75, 3.05) is 7.11 Å². The Bertz CT molecular complexity index is 448. The second-order valence-electron chi connectivity index (χ2n) is 3.15. The van der Waals surface area contributed by atoms with Gasteiger partial charge in [0.15, 0.2) is 0 Å². The van der Waals surface area contributed by atoms with Gasteiger partial charge in [-0.2, -0.15) is 0 Å². The van der Waals surface area contributed by atoms with Crippen LogP contribution in [0.2, 0.25) is 0 Å². The Kier molecular flexibility index (Phi) is 4.39. The highest BCUT2D eigenvalue weighted by atomic mass is 19.1. The van der Waals surface area contributed by atoms with Gasteiger partial charge < -0.3 is 9.47 Å². The van der Waals surface area contributed by atoms with Crippen molar-refractivity contribution in [3.8, 4) is 0 Å². The lowest BCUT2D eigenvalue weighted by molar-refractivity contribution is -0.148. The average Bonchev–Trinajstić information content (AvgIpc) is 2.29. The maximum absolute atomic E-state index is 12.7. The van der Waals surface area contributed by atoms with Crippen molar-refractivity contribution in [1.29, 1.82) is 0 Å². The molecule has 0 unspecified atom stereocenters. The summed E-state index contributed by atoms with van der Waals surface area (Å²) in [7, 11) is 1.17. The van der Waals surface area contributed by atoms with Crippen molar-refractivity contribution in [2.45, 2.75) is 6.92 Å². The zero-order valence-electron chi connectivity index (χ0n) is 9.40. The van der Waals surface area contributed by atoms with Gasteiger partial charge in [0.2, 0.25) is 5.76 Å². The highest BCUT2D eigenvalue weighted by molar-refractivity contribution is 5.93. The molecule has 0 amide bonds. The van der Waals surface area contributed by atoms with Gasteiger partial charge in [0.1, 0.15) is 5.82 Å². The number of rotatable bonds is 3. The summed E-state index contributed by atoms with van der Waals surface area (Å²) in [5.41, 5.74) is 0.521. The Morgan fingerprint density at radius 1 is 1.24 bits per heavy atom. The van der Waals surface area contributed by atoms with Gasteiger partial charge in [-0.1, -0.05) is 12.1 Å². The van der Waals surface area contributed by atoms with E-state index in [9.17, 15) is 14.0 Å². The zero-order chi connectivity index (χ0) is 12.8. The van der Waals surface area contributed by atoms with Gasteiger partial charge in [-0.3, -0.25) is 4.79 Å². The first kappa shape index (κ1) is 12.9. The molecular formula is C12H11FO4. The van der Waals surface area contributed by atoms with Gasteiger partial charge in [-0.25, -0.2) is 9.18 Å². The second-order valence-corrected chi connectivity index (χ2v) is 3.15. The van der Waals surface area contributed by atoms with E-state index >= 15 is 0 Å². The minimum Gasteiger partial charge on any atom is -0.463 e. The number of carbonyl (C=O) groups is 2. The molecule has 1 aromatic rings. The van der Waals surface area contributed by atoms with Crippen LogP contribution in [-0.4, -0.2) is 19.0 Å². The number of methoxy groups -OCH3 is 1. The van der Waals surface area contributed by atoms with E-state index < -0.39 is 17.8 Å². The van der Waals surface area contributed by atoms with Gasteiger partial charge in [0.25, 0.3) is 0 Å². The van der Waals surface area contributed by atoms with Gasteiger partial charge in [-0.15, -0.1) is 0 Å². The Labute approximate surface area is 97.6 Å². The molecule has 1 rings (SSSR count). The fourth-order valence-electron chi connectivity index (χ4n) is 1.10. The molecular weight excluding hydrogens is 227 g/mol. The Morgan fingerprint density at radius 3 is 2.29 bits per heavy atom. The third kappa shape index (κ3) is 4.06. The summed E-state index contributed by atoms with van der Waals surface area (Å²) in [5, 5.41) is 0. The van der Waals surface area contributed by atoms with E-state index in [1.165, 1.54) is 44.4 Å². The molecule has 0 atom stereocenters. The molecule has 17 heavy (non-hydrogen) atoms. The van der Waals surface area contributed by atoms with Crippen molar-refractivity contribution >= 4 is 18.0 Å². The Hall–Kier alpha value is -2.17. The monoisotopic (exact) mass is 238 g/mol. The summed E-state index contributed by atoms with van der Waals surface area (Å²) >= 11 is 0. The summed E-state index contributed by atoms with van der Waals surface area (Å²) in [6.45, 7) is 1.17. The lowest BCUT2D eigenvalue weighted by Gasteiger charge is -2.04. The lowest BCUT2D eigenvalue weighted by atomic mass is 10.2. The van der Waals surface area contributed by atoms with Crippen LogP contribution in [0.5, 0.6) is 0 Å². The summed E-state index contributed by atoms with van der Waals surface area (Å²) in [5.74, 6) is -2.05. The standard InChI is InChI=1S/C12H11FO4/c1-8(14)17-11(12(15)16-2)7-9-3-5-10(13)6-4-9/h3-7H,1-2H3. The summed E-state index contributed by atoms with van der Waals surface area (Å²) < 4.78 is 21.8. The van der Waals surface area contributed by atoms with E-state index in [1.54, 1.807) is 0 Å². The molecule has 4 nitrogen and oxygen atoms in total. The number of hydrogen-bond acceptors (Lipinski definition) is 4. The molecule has 0 aliphatic heterocycles. The van der Waals surface area contributed by atoms with Crippen molar-refractivity contribution in [3.05, 3.63) is 41.4 Å². The molecule has 0 aliphatic carbocycles. The molecule has 1 aromatic carbocycles. The van der Waals surface area contributed by atoms with Crippen LogP contribution in [-0.2, 0) is 19.1 Å². The van der Waals surface area contributed by atoms with Crippen molar-refractivity contribution < 1.29 is 23.5 Å². The summed E-state index contributed by atoms with van der Waals surface area (Å²) in [4.78, 5) is 22.1. The normalized spacial score (nSPS) is 10.9. The van der Waals surface area contributed by atoms with Crippen LogP contribution in [0.15, 0.2) is 30.0 Å². The van der Waals surface area contributed by atoms with Gasteiger partial charge in [0, 0.05) is 6.92 Å². The number of ether oxygens (including phenoxy) is 2. The predicted octanol–water partition coefficient (Wildman–Crippen LogP) is 1.90. The molecule has 0 bridgehead atoms. The van der Waals surface area contributed by atoms with E-state index in [0.717, 1.165) is 0 Å².